The van der Waals surface area contributed by atoms with Crippen LogP contribution in [0.5, 0.6) is 0 Å². The van der Waals surface area contributed by atoms with Crippen molar-refractivity contribution in [3.05, 3.63) is 42.0 Å². The van der Waals surface area contributed by atoms with E-state index in [9.17, 15) is 4.79 Å². The van der Waals surface area contributed by atoms with E-state index in [1.165, 1.54) is 12.4 Å². The molecule has 2 aromatic rings. The first-order chi connectivity index (χ1) is 8.81. The lowest BCUT2D eigenvalue weighted by Gasteiger charge is -2.03. The van der Waals surface area contributed by atoms with Crippen molar-refractivity contribution in [3.63, 3.8) is 0 Å². The minimum absolute atomic E-state index is 0.208. The van der Waals surface area contributed by atoms with E-state index in [-0.39, 0.29) is 18.2 Å². The summed E-state index contributed by atoms with van der Waals surface area (Å²) in [7, 11) is 0. The van der Waals surface area contributed by atoms with Crippen molar-refractivity contribution in [2.45, 2.75) is 0 Å². The third-order valence-electron chi connectivity index (χ3n) is 2.08. The summed E-state index contributed by atoms with van der Waals surface area (Å²) in [6.45, 7) is -0.266. The fourth-order valence-corrected chi connectivity index (χ4v) is 1.33. The first kappa shape index (κ1) is 11.8. The number of amides is 1. The van der Waals surface area contributed by atoms with Crippen LogP contribution in [0.2, 0.25) is 0 Å². The average molecular weight is 242 g/mol. The summed E-state index contributed by atoms with van der Waals surface area (Å²) in [5, 5.41) is 17.6. The molecule has 0 atom stereocenters. The summed E-state index contributed by atoms with van der Waals surface area (Å²) in [5.41, 5.74) is 1.22. The Morgan fingerprint density at radius 1 is 1.56 bits per heavy atom. The summed E-state index contributed by atoms with van der Waals surface area (Å²) in [6, 6.07) is 3.34. The molecule has 90 valence electrons. The molecule has 0 radical (unpaired) electrons. The van der Waals surface area contributed by atoms with E-state index in [1.54, 1.807) is 18.3 Å². The van der Waals surface area contributed by atoms with Gasteiger partial charge in [-0.25, -0.2) is 4.98 Å². The number of aromatic amines is 1. The second kappa shape index (κ2) is 5.61. The van der Waals surface area contributed by atoms with Crippen molar-refractivity contribution in [2.75, 3.05) is 11.9 Å². The second-order valence-corrected chi connectivity index (χ2v) is 3.30. The second-order valence-electron chi connectivity index (χ2n) is 3.30. The van der Waals surface area contributed by atoms with Gasteiger partial charge in [0.15, 0.2) is 0 Å². The predicted octanol–water partition coefficient (Wildman–Crippen LogP) is 0.401. The van der Waals surface area contributed by atoms with Crippen LogP contribution < -0.4 is 5.32 Å². The van der Waals surface area contributed by atoms with E-state index in [4.69, 9.17) is 5.11 Å². The van der Waals surface area contributed by atoms with Crippen LogP contribution in [0.25, 0.3) is 0 Å². The Bertz CT molecular complexity index is 596. The van der Waals surface area contributed by atoms with E-state index in [0.29, 0.717) is 11.3 Å². The average Bonchev–Trinajstić information content (AvgIpc) is 2.89. The number of aliphatic hydroxyl groups is 1. The lowest BCUT2D eigenvalue weighted by Crippen LogP contribution is -2.14. The van der Waals surface area contributed by atoms with Crippen LogP contribution in [0.15, 0.2) is 30.7 Å². The molecule has 0 bridgehead atoms. The molecule has 2 heterocycles. The van der Waals surface area contributed by atoms with Crippen molar-refractivity contribution in [2.24, 2.45) is 0 Å². The van der Waals surface area contributed by atoms with E-state index in [2.05, 4.69) is 32.3 Å². The first-order valence-electron chi connectivity index (χ1n) is 5.16. The van der Waals surface area contributed by atoms with Crippen molar-refractivity contribution in [1.82, 2.24) is 15.2 Å². The van der Waals surface area contributed by atoms with Gasteiger partial charge in [-0.2, -0.15) is 5.10 Å². The van der Waals surface area contributed by atoms with Gasteiger partial charge in [0.25, 0.3) is 5.91 Å². The molecule has 0 aromatic carbocycles. The quantitative estimate of drug-likeness (QED) is 0.665. The number of carbonyl (C=O) groups is 1. The lowest BCUT2D eigenvalue weighted by molar-refractivity contribution is 0.102. The summed E-state index contributed by atoms with van der Waals surface area (Å²) in [6.07, 6.45) is 4.55. The zero-order valence-electron chi connectivity index (χ0n) is 9.34. The summed E-state index contributed by atoms with van der Waals surface area (Å²) in [4.78, 5) is 15.9. The molecular weight excluding hydrogens is 232 g/mol. The van der Waals surface area contributed by atoms with Gasteiger partial charge in [-0.05, 0) is 12.1 Å². The Labute approximate surface area is 103 Å². The molecule has 0 aliphatic heterocycles. The fourth-order valence-electron chi connectivity index (χ4n) is 1.33. The van der Waals surface area contributed by atoms with Gasteiger partial charge in [-0.3, -0.25) is 9.89 Å². The number of hydrogen-bond donors (Lipinski definition) is 3. The number of hydrogen-bond acceptors (Lipinski definition) is 4. The van der Waals surface area contributed by atoms with Crippen molar-refractivity contribution in [1.29, 1.82) is 0 Å². The molecule has 2 rings (SSSR count). The maximum absolute atomic E-state index is 12.0. The molecule has 18 heavy (non-hydrogen) atoms. The number of aliphatic hydroxyl groups excluding tert-OH is 1. The number of pyridine rings is 1. The molecule has 0 aliphatic carbocycles. The van der Waals surface area contributed by atoms with Gasteiger partial charge in [0.05, 0.1) is 17.4 Å². The number of nitrogens with zero attached hydrogens (tertiary/aromatic N) is 2. The standard InChI is InChI=1S/C12H10N4O2/c17-6-2-4-9-3-1-5-13-11(9)12(18)16-10-7-14-15-8-10/h1,3,5,7-8,17H,6H2,(H,14,15)(H,16,18). The number of rotatable bonds is 2. The Hall–Kier alpha value is -2.65. The molecule has 6 nitrogen and oxygen atoms in total. The summed E-state index contributed by atoms with van der Waals surface area (Å²) >= 11 is 0. The molecule has 0 unspecified atom stereocenters. The molecule has 0 saturated carbocycles. The molecule has 3 N–H and O–H groups in total. The van der Waals surface area contributed by atoms with Crippen LogP contribution in [0.1, 0.15) is 16.1 Å². The largest absolute Gasteiger partial charge is 0.384 e. The molecular formula is C12H10N4O2. The zero-order valence-corrected chi connectivity index (χ0v) is 9.34. The van der Waals surface area contributed by atoms with Crippen LogP contribution in [0.3, 0.4) is 0 Å². The maximum Gasteiger partial charge on any atom is 0.275 e. The van der Waals surface area contributed by atoms with Gasteiger partial charge >= 0.3 is 0 Å². The lowest BCUT2D eigenvalue weighted by atomic mass is 10.2. The van der Waals surface area contributed by atoms with Gasteiger partial charge in [0.2, 0.25) is 0 Å². The van der Waals surface area contributed by atoms with Crippen LogP contribution >= 0.6 is 0 Å². The number of carbonyl (C=O) groups excluding carboxylic acids is 1. The van der Waals surface area contributed by atoms with Crippen LogP contribution in [0, 0.1) is 11.8 Å². The highest BCUT2D eigenvalue weighted by molar-refractivity contribution is 6.04. The third kappa shape index (κ3) is 2.72. The third-order valence-corrected chi connectivity index (χ3v) is 2.08. The molecule has 6 heteroatoms. The predicted molar refractivity (Wildman–Crippen MR) is 64.7 cm³/mol. The first-order valence-corrected chi connectivity index (χ1v) is 5.16. The fraction of sp³-hybridized carbons (Fsp3) is 0.0833. The zero-order chi connectivity index (χ0) is 12.8. The normalized spacial score (nSPS) is 9.39. The van der Waals surface area contributed by atoms with Gasteiger partial charge in [0, 0.05) is 12.4 Å². The van der Waals surface area contributed by atoms with Crippen molar-refractivity contribution in [3.8, 4) is 11.8 Å². The molecule has 0 spiro atoms. The van der Waals surface area contributed by atoms with Gasteiger partial charge in [-0.15, -0.1) is 0 Å². The monoisotopic (exact) mass is 242 g/mol. The molecule has 2 aromatic heterocycles. The Kier molecular flexibility index (Phi) is 3.69. The summed E-state index contributed by atoms with van der Waals surface area (Å²) in [5.74, 6) is 4.79. The van der Waals surface area contributed by atoms with Gasteiger partial charge in [-0.1, -0.05) is 11.8 Å². The van der Waals surface area contributed by atoms with Gasteiger partial charge in [0.1, 0.15) is 12.3 Å². The Morgan fingerprint density at radius 2 is 2.44 bits per heavy atom. The van der Waals surface area contributed by atoms with Crippen LogP contribution in [-0.2, 0) is 0 Å². The van der Waals surface area contributed by atoms with Crippen LogP contribution in [0.4, 0.5) is 5.69 Å². The Balaban J connectivity index is 2.24. The highest BCUT2D eigenvalue weighted by Gasteiger charge is 2.11. The van der Waals surface area contributed by atoms with Crippen molar-refractivity contribution >= 4 is 11.6 Å². The van der Waals surface area contributed by atoms with Crippen molar-refractivity contribution < 1.29 is 9.90 Å². The highest BCUT2D eigenvalue weighted by Crippen LogP contribution is 2.08. The number of H-pyrrole nitrogens is 1. The van der Waals surface area contributed by atoms with E-state index >= 15 is 0 Å². The summed E-state index contributed by atoms with van der Waals surface area (Å²) < 4.78 is 0. The molecule has 1 amide bonds. The maximum atomic E-state index is 12.0. The van der Waals surface area contributed by atoms with E-state index < -0.39 is 0 Å². The smallest absolute Gasteiger partial charge is 0.275 e. The molecule has 0 saturated heterocycles. The number of anilines is 1. The van der Waals surface area contributed by atoms with Crippen LogP contribution in [-0.4, -0.2) is 32.8 Å². The van der Waals surface area contributed by atoms with E-state index in [1.807, 2.05) is 0 Å². The molecule has 0 aliphatic rings. The minimum Gasteiger partial charge on any atom is -0.384 e. The SMILES string of the molecule is O=C(Nc1cn[nH]c1)c1ncccc1C#CCO. The Morgan fingerprint density at radius 3 is 3.17 bits per heavy atom. The van der Waals surface area contributed by atoms with Gasteiger partial charge < -0.3 is 10.4 Å². The minimum atomic E-state index is -0.376. The topological polar surface area (TPSA) is 90.9 Å². The number of nitrogens with one attached hydrogen (secondary N) is 2. The highest BCUT2D eigenvalue weighted by atomic mass is 16.2. The van der Waals surface area contributed by atoms with E-state index in [0.717, 1.165) is 0 Å². The molecule has 0 fully saturated rings. The number of aromatic nitrogens is 3.